The van der Waals surface area contributed by atoms with Gasteiger partial charge in [-0.15, -0.1) is 0 Å². The van der Waals surface area contributed by atoms with Gasteiger partial charge in [0.2, 0.25) is 0 Å². The second-order valence-electron chi connectivity index (χ2n) is 8.63. The maximum Gasteiger partial charge on any atom is 0.255 e. The highest BCUT2D eigenvalue weighted by Crippen LogP contribution is 2.45. The highest BCUT2D eigenvalue weighted by molar-refractivity contribution is 6.02. The Morgan fingerprint density at radius 2 is 1.61 bits per heavy atom. The summed E-state index contributed by atoms with van der Waals surface area (Å²) in [6, 6.07) is 26.7. The van der Waals surface area contributed by atoms with Gasteiger partial charge in [0.1, 0.15) is 0 Å². The van der Waals surface area contributed by atoms with Crippen LogP contribution in [0.4, 0.5) is 0 Å². The molecule has 4 nitrogen and oxygen atoms in total. The summed E-state index contributed by atoms with van der Waals surface area (Å²) in [6.45, 7) is 4.29. The Morgan fingerprint density at radius 1 is 0.879 bits per heavy atom. The Labute approximate surface area is 195 Å². The van der Waals surface area contributed by atoms with Crippen LogP contribution in [-0.4, -0.2) is 35.5 Å². The quantitative estimate of drug-likeness (QED) is 0.300. The number of hydrogen-bond acceptors (Lipinski definition) is 2. The van der Waals surface area contributed by atoms with Crippen LogP contribution in [0.15, 0.2) is 78.9 Å². The van der Waals surface area contributed by atoms with E-state index >= 15 is 0 Å². The number of benzene rings is 3. The van der Waals surface area contributed by atoms with E-state index < -0.39 is 0 Å². The summed E-state index contributed by atoms with van der Waals surface area (Å²) in [5.41, 5.74) is 6.35. The zero-order valence-electron chi connectivity index (χ0n) is 19.1. The van der Waals surface area contributed by atoms with Crippen LogP contribution < -0.4 is 0 Å². The average molecular weight is 439 g/mol. The molecule has 0 saturated carbocycles. The van der Waals surface area contributed by atoms with Crippen molar-refractivity contribution in [1.29, 1.82) is 0 Å². The molecule has 0 unspecified atom stereocenters. The summed E-state index contributed by atoms with van der Waals surface area (Å²) in [4.78, 5) is 19.2. The summed E-state index contributed by atoms with van der Waals surface area (Å²) in [5.74, 6) is 0.105. The van der Waals surface area contributed by atoms with Crippen molar-refractivity contribution in [3.63, 3.8) is 0 Å². The molecule has 0 spiro atoms. The molecule has 5 rings (SSSR count). The van der Waals surface area contributed by atoms with E-state index in [1.54, 1.807) is 0 Å². The van der Waals surface area contributed by atoms with Crippen LogP contribution >= 0.6 is 0 Å². The summed E-state index contributed by atoms with van der Waals surface area (Å²) < 4.78 is 5.79. The van der Waals surface area contributed by atoms with Gasteiger partial charge < -0.3 is 14.6 Å². The van der Waals surface area contributed by atoms with Gasteiger partial charge in [0.15, 0.2) is 0 Å². The molecule has 1 atom stereocenters. The van der Waals surface area contributed by atoms with E-state index in [4.69, 9.17) is 4.74 Å². The van der Waals surface area contributed by atoms with Gasteiger partial charge in [-0.1, -0.05) is 80.1 Å². The normalized spacial score (nSPS) is 15.4. The minimum atomic E-state index is -0.129. The molecule has 0 radical (unpaired) electrons. The van der Waals surface area contributed by atoms with E-state index in [2.05, 4.69) is 66.5 Å². The van der Waals surface area contributed by atoms with Crippen molar-refractivity contribution in [2.45, 2.75) is 32.2 Å². The maximum absolute atomic E-state index is 13.5. The van der Waals surface area contributed by atoms with Crippen LogP contribution in [-0.2, 0) is 4.74 Å². The molecule has 1 aliphatic heterocycles. The zero-order valence-corrected chi connectivity index (χ0v) is 19.1. The van der Waals surface area contributed by atoms with Crippen LogP contribution in [0.2, 0.25) is 0 Å². The highest BCUT2D eigenvalue weighted by Gasteiger charge is 2.39. The maximum atomic E-state index is 13.5. The fourth-order valence-corrected chi connectivity index (χ4v) is 4.88. The number of aromatic nitrogens is 1. The van der Waals surface area contributed by atoms with Crippen LogP contribution in [0.1, 0.15) is 53.7 Å². The number of unbranched alkanes of at least 4 members (excludes halogenated alkanes) is 1. The van der Waals surface area contributed by atoms with Crippen molar-refractivity contribution in [2.24, 2.45) is 0 Å². The number of para-hydroxylation sites is 1. The predicted octanol–water partition coefficient (Wildman–Crippen LogP) is 6.59. The molecule has 4 aromatic rings. The fourth-order valence-electron chi connectivity index (χ4n) is 4.88. The first-order valence-corrected chi connectivity index (χ1v) is 11.9. The number of carbonyl (C=O) groups excluding carboxylic acids is 1. The number of ether oxygens (including phenoxy) is 1. The number of H-pyrrole nitrogens is 1. The number of amides is 1. The van der Waals surface area contributed by atoms with Gasteiger partial charge in [0, 0.05) is 41.8 Å². The van der Waals surface area contributed by atoms with Crippen molar-refractivity contribution >= 4 is 16.8 Å². The average Bonchev–Trinajstić information content (AvgIpc) is 3.37. The standard InChI is InChI=1S/C29H30N2O2/c1-2-3-19-33-20-11-18-31-28(22-14-7-8-15-23(22)29(31)32)26-24-16-9-10-17-25(24)30-27(26)21-12-5-4-6-13-21/h4-10,12-17,28,30H,2-3,11,18-20H2,1H3/t28-/m0/s1. The molecule has 1 amide bonds. The van der Waals surface area contributed by atoms with Crippen molar-refractivity contribution in [2.75, 3.05) is 19.8 Å². The second-order valence-corrected chi connectivity index (χ2v) is 8.63. The number of aromatic amines is 1. The number of hydrogen-bond donors (Lipinski definition) is 1. The molecule has 0 bridgehead atoms. The molecule has 4 heteroatoms. The Kier molecular flexibility index (Phi) is 6.27. The van der Waals surface area contributed by atoms with Gasteiger partial charge in [-0.05, 0) is 36.1 Å². The van der Waals surface area contributed by atoms with Crippen LogP contribution in [0.25, 0.3) is 22.2 Å². The van der Waals surface area contributed by atoms with Gasteiger partial charge in [-0.2, -0.15) is 0 Å². The second kappa shape index (κ2) is 9.63. The van der Waals surface area contributed by atoms with Gasteiger partial charge in [-0.25, -0.2) is 0 Å². The number of carbonyl (C=O) groups is 1. The molecule has 0 aliphatic carbocycles. The molecular formula is C29H30N2O2. The lowest BCUT2D eigenvalue weighted by atomic mass is 9.93. The first-order valence-electron chi connectivity index (χ1n) is 11.9. The third-order valence-electron chi connectivity index (χ3n) is 6.47. The number of nitrogens with zero attached hydrogens (tertiary/aromatic N) is 1. The third kappa shape index (κ3) is 4.07. The summed E-state index contributed by atoms with van der Waals surface area (Å²) in [5, 5.41) is 1.16. The summed E-state index contributed by atoms with van der Waals surface area (Å²) in [6.07, 6.45) is 3.03. The SMILES string of the molecule is CCCCOCCCN1C(=O)c2ccccc2[C@H]1c1c(-c2ccccc2)[nH]c2ccccc12. The van der Waals surface area contributed by atoms with E-state index in [0.717, 1.165) is 59.2 Å². The minimum absolute atomic E-state index is 0.105. The predicted molar refractivity (Wildman–Crippen MR) is 133 cm³/mol. The van der Waals surface area contributed by atoms with Crippen molar-refractivity contribution in [1.82, 2.24) is 9.88 Å². The molecule has 0 fully saturated rings. The van der Waals surface area contributed by atoms with Crippen LogP contribution in [0.3, 0.4) is 0 Å². The van der Waals surface area contributed by atoms with Gasteiger partial charge >= 0.3 is 0 Å². The smallest absolute Gasteiger partial charge is 0.255 e. The molecule has 3 aromatic carbocycles. The van der Waals surface area contributed by atoms with E-state index in [9.17, 15) is 4.79 Å². The molecule has 2 heterocycles. The summed E-state index contributed by atoms with van der Waals surface area (Å²) >= 11 is 0. The number of fused-ring (bicyclic) bond motifs is 2. The monoisotopic (exact) mass is 438 g/mol. The fraction of sp³-hybridized carbons (Fsp3) is 0.276. The molecule has 1 aromatic heterocycles. The Morgan fingerprint density at radius 3 is 2.45 bits per heavy atom. The lowest BCUT2D eigenvalue weighted by Gasteiger charge is -2.27. The van der Waals surface area contributed by atoms with E-state index in [1.807, 2.05) is 29.2 Å². The molecule has 168 valence electrons. The van der Waals surface area contributed by atoms with E-state index in [1.165, 1.54) is 5.56 Å². The lowest BCUT2D eigenvalue weighted by Crippen LogP contribution is -2.30. The number of nitrogens with one attached hydrogen (secondary N) is 1. The zero-order chi connectivity index (χ0) is 22.6. The van der Waals surface area contributed by atoms with Gasteiger partial charge in [-0.3, -0.25) is 4.79 Å². The molecule has 1 aliphatic rings. The molecule has 0 saturated heterocycles. The van der Waals surface area contributed by atoms with Crippen molar-refractivity contribution in [3.8, 4) is 11.3 Å². The Hall–Kier alpha value is -3.37. The van der Waals surface area contributed by atoms with Gasteiger partial charge in [0.05, 0.1) is 11.7 Å². The van der Waals surface area contributed by atoms with Crippen molar-refractivity contribution in [3.05, 3.63) is 95.6 Å². The van der Waals surface area contributed by atoms with Crippen LogP contribution in [0.5, 0.6) is 0 Å². The summed E-state index contributed by atoms with van der Waals surface area (Å²) in [7, 11) is 0. The van der Waals surface area contributed by atoms with E-state index in [-0.39, 0.29) is 11.9 Å². The molecular weight excluding hydrogens is 408 g/mol. The van der Waals surface area contributed by atoms with Crippen molar-refractivity contribution < 1.29 is 9.53 Å². The first kappa shape index (κ1) is 21.5. The van der Waals surface area contributed by atoms with Gasteiger partial charge in [0.25, 0.3) is 5.91 Å². The molecule has 33 heavy (non-hydrogen) atoms. The lowest BCUT2D eigenvalue weighted by molar-refractivity contribution is 0.0710. The number of rotatable bonds is 9. The Balaban J connectivity index is 1.57. The van der Waals surface area contributed by atoms with Crippen LogP contribution in [0, 0.1) is 0 Å². The largest absolute Gasteiger partial charge is 0.381 e. The topological polar surface area (TPSA) is 45.3 Å². The molecule has 1 N–H and O–H groups in total. The highest BCUT2D eigenvalue weighted by atomic mass is 16.5. The third-order valence-corrected chi connectivity index (χ3v) is 6.47. The first-order chi connectivity index (χ1) is 16.3. The van der Waals surface area contributed by atoms with E-state index in [0.29, 0.717) is 13.2 Å². The Bertz CT molecular complexity index is 1240. The minimum Gasteiger partial charge on any atom is -0.381 e.